The quantitative estimate of drug-likeness (QED) is 0.505. The number of aliphatic hydroxyl groups is 1. The highest BCUT2D eigenvalue weighted by Crippen LogP contribution is 2.33. The number of aromatic nitrogens is 1. The summed E-state index contributed by atoms with van der Waals surface area (Å²) in [7, 11) is 0. The van der Waals surface area contributed by atoms with Gasteiger partial charge in [-0.1, -0.05) is 32.0 Å². The molecule has 0 aliphatic carbocycles. The maximum atomic E-state index is 12.6. The van der Waals surface area contributed by atoms with Crippen LogP contribution >= 0.6 is 0 Å². The predicted octanol–water partition coefficient (Wildman–Crippen LogP) is 3.62. The number of nitrogens with zero attached hydrogens (tertiary/aromatic N) is 1. The van der Waals surface area contributed by atoms with E-state index in [1.807, 2.05) is 13.8 Å². The Balaban J connectivity index is 0.00000139. The molecule has 1 atom stereocenters. The van der Waals surface area contributed by atoms with Crippen molar-refractivity contribution < 1.29 is 18.3 Å². The van der Waals surface area contributed by atoms with Crippen molar-refractivity contribution in [2.45, 2.75) is 26.1 Å². The van der Waals surface area contributed by atoms with Gasteiger partial charge in [0.05, 0.1) is 5.69 Å². The number of hydrogen-bond donors (Lipinski definition) is 4. The first-order chi connectivity index (χ1) is 11.3. The van der Waals surface area contributed by atoms with Gasteiger partial charge < -0.3 is 15.8 Å². The molecule has 1 unspecified atom stereocenters. The van der Waals surface area contributed by atoms with E-state index in [0.29, 0.717) is 17.0 Å². The Bertz CT molecular complexity index is 707. The lowest BCUT2D eigenvalue weighted by atomic mass is 10.0. The number of halogens is 3. The van der Waals surface area contributed by atoms with Gasteiger partial charge in [0.15, 0.2) is 6.10 Å². The summed E-state index contributed by atoms with van der Waals surface area (Å²) in [6.07, 6.45) is -6.47. The van der Waals surface area contributed by atoms with Gasteiger partial charge >= 0.3 is 6.18 Å². The number of aliphatic hydroxyl groups excluding tert-OH is 1. The maximum absolute atomic E-state index is 12.6. The summed E-state index contributed by atoms with van der Waals surface area (Å²) in [6.45, 7) is 4.00. The topological polar surface area (TPSA) is 98.2 Å². The second-order valence-corrected chi connectivity index (χ2v) is 4.50. The Morgan fingerprint density at radius 2 is 1.96 bits per heavy atom. The first kappa shape index (κ1) is 19.4. The lowest BCUT2D eigenvalue weighted by Gasteiger charge is -2.15. The highest BCUT2D eigenvalue weighted by atomic mass is 19.4. The Hall–Kier alpha value is -2.61. The molecule has 0 bridgehead atoms. The lowest BCUT2D eigenvalue weighted by molar-refractivity contribution is -0.206. The van der Waals surface area contributed by atoms with Crippen LogP contribution in [0.1, 0.15) is 31.2 Å². The SMILES string of the molecule is CC.N=CN=C(N)c1ccc(-c2cccc(C(O)C(F)(F)F)c2)[nH]1. The minimum Gasteiger partial charge on any atom is -0.382 e. The average molecular weight is 340 g/mol. The molecule has 0 aliphatic rings. The molecule has 130 valence electrons. The molecule has 0 spiro atoms. The monoisotopic (exact) mass is 340 g/mol. The summed E-state index contributed by atoms with van der Waals surface area (Å²) in [5.74, 6) is 0.0905. The molecule has 0 amide bonds. The summed E-state index contributed by atoms with van der Waals surface area (Å²) < 4.78 is 37.7. The van der Waals surface area contributed by atoms with Gasteiger partial charge in [0.25, 0.3) is 0 Å². The van der Waals surface area contributed by atoms with Crippen molar-refractivity contribution in [3.63, 3.8) is 0 Å². The van der Waals surface area contributed by atoms with Gasteiger partial charge in [0.1, 0.15) is 12.2 Å². The summed E-state index contributed by atoms with van der Waals surface area (Å²) in [6, 6.07) is 8.71. The van der Waals surface area contributed by atoms with Crippen LogP contribution in [0.15, 0.2) is 41.4 Å². The van der Waals surface area contributed by atoms with E-state index in [2.05, 4.69) is 9.98 Å². The molecule has 0 fully saturated rings. The van der Waals surface area contributed by atoms with E-state index < -0.39 is 12.3 Å². The number of rotatable bonds is 4. The van der Waals surface area contributed by atoms with Crippen LogP contribution in [0.2, 0.25) is 0 Å². The Morgan fingerprint density at radius 3 is 2.54 bits per heavy atom. The van der Waals surface area contributed by atoms with Crippen LogP contribution < -0.4 is 5.73 Å². The minimum absolute atomic E-state index is 0.0905. The molecule has 5 N–H and O–H groups in total. The summed E-state index contributed by atoms with van der Waals surface area (Å²) in [5.41, 5.74) is 6.80. The van der Waals surface area contributed by atoms with Crippen LogP contribution in [0.25, 0.3) is 11.3 Å². The molecule has 0 saturated heterocycles. The van der Waals surface area contributed by atoms with Crippen LogP contribution in [0, 0.1) is 5.41 Å². The number of nitrogens with one attached hydrogen (secondary N) is 2. The van der Waals surface area contributed by atoms with E-state index in [0.717, 1.165) is 6.34 Å². The van der Waals surface area contributed by atoms with E-state index in [9.17, 15) is 18.3 Å². The normalized spacial score (nSPS) is 13.0. The van der Waals surface area contributed by atoms with Crippen molar-refractivity contribution in [1.29, 1.82) is 5.41 Å². The fraction of sp³-hybridized carbons (Fsp3) is 0.250. The van der Waals surface area contributed by atoms with Gasteiger partial charge in [-0.15, -0.1) is 0 Å². The van der Waals surface area contributed by atoms with Gasteiger partial charge in [-0.05, 0) is 29.3 Å². The first-order valence-corrected chi connectivity index (χ1v) is 7.19. The van der Waals surface area contributed by atoms with Crippen molar-refractivity contribution in [1.82, 2.24) is 4.98 Å². The second kappa shape index (κ2) is 8.30. The second-order valence-electron chi connectivity index (χ2n) is 4.50. The molecule has 5 nitrogen and oxygen atoms in total. The van der Waals surface area contributed by atoms with Crippen LogP contribution in [-0.2, 0) is 0 Å². The fourth-order valence-corrected chi connectivity index (χ4v) is 1.92. The average Bonchev–Trinajstić information content (AvgIpc) is 3.06. The molecule has 1 aromatic heterocycles. The van der Waals surface area contributed by atoms with Crippen LogP contribution in [-0.4, -0.2) is 28.4 Å². The lowest BCUT2D eigenvalue weighted by Crippen LogP contribution is -2.20. The Kier molecular flexibility index (Phi) is 6.72. The van der Waals surface area contributed by atoms with E-state index in [1.165, 1.54) is 18.2 Å². The van der Waals surface area contributed by atoms with Gasteiger partial charge in [-0.3, -0.25) is 5.41 Å². The molecule has 1 heterocycles. The predicted molar refractivity (Wildman–Crippen MR) is 88.1 cm³/mol. The largest absolute Gasteiger partial charge is 0.418 e. The molecule has 0 radical (unpaired) electrons. The van der Waals surface area contributed by atoms with Gasteiger partial charge in [-0.25, -0.2) is 4.99 Å². The number of aliphatic imine (C=N–C) groups is 1. The van der Waals surface area contributed by atoms with Crippen molar-refractivity contribution in [3.05, 3.63) is 47.7 Å². The van der Waals surface area contributed by atoms with Crippen LogP contribution in [0.5, 0.6) is 0 Å². The molecular weight excluding hydrogens is 321 g/mol. The zero-order valence-electron chi connectivity index (χ0n) is 13.2. The third-order valence-corrected chi connectivity index (χ3v) is 2.99. The van der Waals surface area contributed by atoms with Crippen LogP contribution in [0.4, 0.5) is 13.2 Å². The van der Waals surface area contributed by atoms with Crippen molar-refractivity contribution in [2.24, 2.45) is 10.7 Å². The van der Waals surface area contributed by atoms with E-state index in [4.69, 9.17) is 11.1 Å². The number of nitrogens with two attached hydrogens (primary N) is 1. The molecule has 1 aromatic carbocycles. The number of H-pyrrole nitrogens is 1. The molecule has 24 heavy (non-hydrogen) atoms. The Labute approximate surface area is 137 Å². The summed E-state index contributed by atoms with van der Waals surface area (Å²) in [4.78, 5) is 6.49. The molecular formula is C16H19F3N4O. The van der Waals surface area contributed by atoms with E-state index in [1.54, 1.807) is 18.2 Å². The Morgan fingerprint density at radius 1 is 1.29 bits per heavy atom. The standard InChI is InChI=1S/C14H13F3N4O.C2H6/c15-14(16,17)12(22)9-3-1-2-8(6-9)10-4-5-11(21-10)13(19)20-7-18;1-2/h1-7,12,21-22H,(H3,18,19,20);1-2H3. The van der Waals surface area contributed by atoms with Crippen molar-refractivity contribution in [2.75, 3.05) is 0 Å². The summed E-state index contributed by atoms with van der Waals surface area (Å²) in [5, 5.41) is 16.1. The minimum atomic E-state index is -4.72. The number of amidine groups is 1. The highest BCUT2D eigenvalue weighted by Gasteiger charge is 2.39. The molecule has 0 saturated carbocycles. The van der Waals surface area contributed by atoms with Crippen LogP contribution in [0.3, 0.4) is 0 Å². The zero-order chi connectivity index (χ0) is 18.3. The molecule has 0 aliphatic heterocycles. The van der Waals surface area contributed by atoms with Gasteiger partial charge in [0, 0.05) is 5.69 Å². The fourth-order valence-electron chi connectivity index (χ4n) is 1.92. The highest BCUT2D eigenvalue weighted by molar-refractivity contribution is 6.00. The van der Waals surface area contributed by atoms with E-state index in [-0.39, 0.29) is 11.4 Å². The third kappa shape index (κ3) is 4.69. The van der Waals surface area contributed by atoms with Gasteiger partial charge in [-0.2, -0.15) is 13.2 Å². The smallest absolute Gasteiger partial charge is 0.382 e. The van der Waals surface area contributed by atoms with Crippen molar-refractivity contribution >= 4 is 12.2 Å². The van der Waals surface area contributed by atoms with E-state index >= 15 is 0 Å². The molecule has 2 aromatic rings. The number of alkyl halides is 3. The number of benzene rings is 1. The number of hydrogen-bond acceptors (Lipinski definition) is 2. The number of aromatic amines is 1. The third-order valence-electron chi connectivity index (χ3n) is 2.99. The molecule has 2 rings (SSSR count). The molecule has 8 heteroatoms. The summed E-state index contributed by atoms with van der Waals surface area (Å²) >= 11 is 0. The maximum Gasteiger partial charge on any atom is 0.418 e. The van der Waals surface area contributed by atoms with Gasteiger partial charge in [0.2, 0.25) is 0 Å². The van der Waals surface area contributed by atoms with Crippen molar-refractivity contribution in [3.8, 4) is 11.3 Å². The first-order valence-electron chi connectivity index (χ1n) is 7.19. The zero-order valence-corrected chi connectivity index (χ0v) is 13.2.